The van der Waals surface area contributed by atoms with Crippen molar-refractivity contribution in [3.8, 4) is 0 Å². The van der Waals surface area contributed by atoms with E-state index in [4.69, 9.17) is 37.0 Å². The Morgan fingerprint density at radius 2 is 0.522 bits per heavy atom. The van der Waals surface area contributed by atoms with Gasteiger partial charge in [0.15, 0.2) is 12.2 Å². The lowest BCUT2D eigenvalue weighted by atomic mass is 9.99. The van der Waals surface area contributed by atoms with E-state index in [2.05, 4.69) is 34.6 Å². The van der Waals surface area contributed by atoms with Gasteiger partial charge in [-0.1, -0.05) is 330 Å². The van der Waals surface area contributed by atoms with Crippen LogP contribution in [0.3, 0.4) is 0 Å². The van der Waals surface area contributed by atoms with Crippen molar-refractivity contribution in [2.75, 3.05) is 39.6 Å². The molecule has 0 aliphatic carbocycles. The molecule has 0 fully saturated rings. The second-order valence-corrected chi connectivity index (χ2v) is 29.5. The second-order valence-electron chi connectivity index (χ2n) is 26.6. The van der Waals surface area contributed by atoms with E-state index in [9.17, 15) is 43.2 Å². The van der Waals surface area contributed by atoms with Gasteiger partial charge in [-0.25, -0.2) is 9.13 Å². The molecule has 3 N–H and O–H groups in total. The van der Waals surface area contributed by atoms with E-state index in [1.165, 1.54) is 193 Å². The van der Waals surface area contributed by atoms with Crippen molar-refractivity contribution in [1.82, 2.24) is 0 Å². The number of carbonyl (C=O) groups is 4. The molecule has 0 aromatic rings. The van der Waals surface area contributed by atoms with Crippen molar-refractivity contribution >= 4 is 39.5 Å². The average molecular weight is 1350 g/mol. The average Bonchev–Trinajstić information content (AvgIpc) is 3.75. The zero-order chi connectivity index (χ0) is 67.7. The number of unbranched alkanes of at least 4 members (excludes halogenated alkanes) is 44. The van der Waals surface area contributed by atoms with E-state index in [0.717, 1.165) is 109 Å². The lowest BCUT2D eigenvalue weighted by molar-refractivity contribution is -0.161. The van der Waals surface area contributed by atoms with E-state index < -0.39 is 97.5 Å². The maximum Gasteiger partial charge on any atom is 0.472 e. The van der Waals surface area contributed by atoms with Crippen LogP contribution in [0.15, 0.2) is 0 Å². The number of esters is 4. The Bertz CT molecular complexity index is 1770. The minimum absolute atomic E-state index is 0.108. The standard InChI is InChI=1S/C73H142O17P2/c1-6-10-13-16-19-21-23-25-27-28-29-31-33-39-44-49-54-59-73(78)90-69(63-84-71(76)57-52-47-42-37-35-34-36-41-45-50-55-66(5)9-4)65-88-92(81,82)86-61-67(74)60-85-91(79,80)87-64-68(62-83-70(75)56-51-46-40-18-15-12-8-3)89-72(77)58-53-48-43-38-32-30-26-24-22-20-17-14-11-7-2/h66-69,74H,6-65H2,1-5H3,(H,79,80)(H,81,82)/t66?,67-,68+,69+/m0/s1. The number of phosphoric ester groups is 2. The molecule has 6 atom stereocenters. The highest BCUT2D eigenvalue weighted by molar-refractivity contribution is 7.47. The summed E-state index contributed by atoms with van der Waals surface area (Å²) in [7, 11) is -9.90. The summed E-state index contributed by atoms with van der Waals surface area (Å²) in [6.07, 6.45) is 54.1. The molecule has 0 saturated carbocycles. The smallest absolute Gasteiger partial charge is 0.462 e. The largest absolute Gasteiger partial charge is 0.472 e. The van der Waals surface area contributed by atoms with Crippen LogP contribution < -0.4 is 0 Å². The zero-order valence-corrected chi connectivity index (χ0v) is 61.5. The van der Waals surface area contributed by atoms with Crippen LogP contribution in [0.25, 0.3) is 0 Å². The normalized spacial score (nSPS) is 14.3. The Kier molecular flexibility index (Phi) is 64.9. The molecule has 0 amide bonds. The van der Waals surface area contributed by atoms with E-state index >= 15 is 0 Å². The van der Waals surface area contributed by atoms with Crippen LogP contribution in [0.4, 0.5) is 0 Å². The fourth-order valence-corrected chi connectivity index (χ4v) is 12.7. The molecule has 0 aliphatic rings. The third kappa shape index (κ3) is 65.4. The molecule has 3 unspecified atom stereocenters. The first-order valence-corrected chi connectivity index (χ1v) is 41.2. The Labute approximate surface area is 562 Å². The Hall–Kier alpha value is -1.94. The molecule has 0 spiro atoms. The van der Waals surface area contributed by atoms with E-state index in [1.54, 1.807) is 0 Å². The van der Waals surface area contributed by atoms with Gasteiger partial charge in [0, 0.05) is 25.7 Å². The molecule has 19 heteroatoms. The summed E-state index contributed by atoms with van der Waals surface area (Å²) in [5.41, 5.74) is 0. The zero-order valence-electron chi connectivity index (χ0n) is 59.7. The number of aliphatic hydroxyl groups is 1. The van der Waals surface area contributed by atoms with Gasteiger partial charge in [-0.2, -0.15) is 0 Å². The minimum atomic E-state index is -4.95. The molecule has 546 valence electrons. The summed E-state index contributed by atoms with van der Waals surface area (Å²) in [6.45, 7) is 7.27. The van der Waals surface area contributed by atoms with E-state index in [1.807, 2.05) is 0 Å². The van der Waals surface area contributed by atoms with Crippen LogP contribution >= 0.6 is 15.6 Å². The van der Waals surface area contributed by atoms with E-state index in [0.29, 0.717) is 25.7 Å². The highest BCUT2D eigenvalue weighted by Gasteiger charge is 2.30. The molecule has 17 nitrogen and oxygen atoms in total. The summed E-state index contributed by atoms with van der Waals surface area (Å²) in [5.74, 6) is -1.31. The summed E-state index contributed by atoms with van der Waals surface area (Å²) in [4.78, 5) is 72.6. The van der Waals surface area contributed by atoms with Gasteiger partial charge in [-0.15, -0.1) is 0 Å². The molecule has 92 heavy (non-hydrogen) atoms. The van der Waals surface area contributed by atoms with Crippen molar-refractivity contribution in [3.63, 3.8) is 0 Å². The van der Waals surface area contributed by atoms with Crippen molar-refractivity contribution < 1.29 is 80.2 Å². The minimum Gasteiger partial charge on any atom is -0.462 e. The molecule has 0 aliphatic heterocycles. The Morgan fingerprint density at radius 1 is 0.304 bits per heavy atom. The second kappa shape index (κ2) is 66.3. The monoisotopic (exact) mass is 1350 g/mol. The first-order valence-electron chi connectivity index (χ1n) is 38.2. The summed E-state index contributed by atoms with van der Waals surface area (Å²) < 4.78 is 68.3. The van der Waals surface area contributed by atoms with Gasteiger partial charge in [-0.3, -0.25) is 37.3 Å². The van der Waals surface area contributed by atoms with Crippen molar-refractivity contribution in [2.45, 2.75) is 400 Å². The van der Waals surface area contributed by atoms with Crippen LogP contribution in [0.5, 0.6) is 0 Å². The van der Waals surface area contributed by atoms with Crippen LogP contribution in [0, 0.1) is 5.92 Å². The summed E-state index contributed by atoms with van der Waals surface area (Å²) in [5, 5.41) is 10.6. The number of rotatable bonds is 73. The number of hydrogen-bond acceptors (Lipinski definition) is 15. The van der Waals surface area contributed by atoms with Crippen LogP contribution in [0.1, 0.15) is 381 Å². The Balaban J connectivity index is 5.20. The lowest BCUT2D eigenvalue weighted by Gasteiger charge is -2.21. The fraction of sp³-hybridized carbons (Fsp3) is 0.945. The SMILES string of the molecule is CCCCCCCCCCCCCCCCCCCC(=O)O[C@H](COC(=O)CCCCCCCCCCCCC(C)CC)COP(=O)(O)OC[C@@H](O)COP(=O)(O)OC[C@@H](COC(=O)CCCCCCCCC)OC(=O)CCCCCCCCCCCCCCCC. The first-order chi connectivity index (χ1) is 44.6. The Morgan fingerprint density at radius 3 is 0.772 bits per heavy atom. The molecular weight excluding hydrogens is 1210 g/mol. The molecular formula is C73H142O17P2. The third-order valence-corrected chi connectivity index (χ3v) is 19.3. The van der Waals surface area contributed by atoms with Gasteiger partial charge in [-0.05, 0) is 31.6 Å². The number of carbonyl (C=O) groups excluding carboxylic acids is 4. The maximum atomic E-state index is 13.1. The van der Waals surface area contributed by atoms with Gasteiger partial charge in [0.05, 0.1) is 26.4 Å². The molecule has 0 bridgehead atoms. The van der Waals surface area contributed by atoms with E-state index in [-0.39, 0.29) is 25.7 Å². The number of phosphoric acid groups is 2. The highest BCUT2D eigenvalue weighted by Crippen LogP contribution is 2.45. The lowest BCUT2D eigenvalue weighted by Crippen LogP contribution is -2.30. The maximum absolute atomic E-state index is 13.1. The van der Waals surface area contributed by atoms with Crippen LogP contribution in [-0.4, -0.2) is 96.7 Å². The fourth-order valence-electron chi connectivity index (χ4n) is 11.1. The molecule has 0 heterocycles. The number of aliphatic hydroxyl groups excluding tert-OH is 1. The predicted octanol–water partition coefficient (Wildman–Crippen LogP) is 21.3. The van der Waals surface area contributed by atoms with Crippen molar-refractivity contribution in [2.24, 2.45) is 5.92 Å². The van der Waals surface area contributed by atoms with Gasteiger partial charge >= 0.3 is 39.5 Å². The van der Waals surface area contributed by atoms with Gasteiger partial charge in [0.25, 0.3) is 0 Å². The predicted molar refractivity (Wildman–Crippen MR) is 372 cm³/mol. The molecule has 0 radical (unpaired) electrons. The first kappa shape index (κ1) is 90.1. The molecule has 0 saturated heterocycles. The van der Waals surface area contributed by atoms with Crippen LogP contribution in [0.2, 0.25) is 0 Å². The third-order valence-electron chi connectivity index (χ3n) is 17.4. The van der Waals surface area contributed by atoms with Crippen molar-refractivity contribution in [1.29, 1.82) is 0 Å². The number of ether oxygens (including phenoxy) is 4. The van der Waals surface area contributed by atoms with Gasteiger partial charge in [0.1, 0.15) is 19.3 Å². The highest BCUT2D eigenvalue weighted by atomic mass is 31.2. The molecule has 0 aromatic carbocycles. The summed E-state index contributed by atoms with van der Waals surface area (Å²) >= 11 is 0. The molecule has 0 aromatic heterocycles. The molecule has 0 rings (SSSR count). The van der Waals surface area contributed by atoms with Crippen molar-refractivity contribution in [3.05, 3.63) is 0 Å². The summed E-state index contributed by atoms with van der Waals surface area (Å²) in [6, 6.07) is 0. The van der Waals surface area contributed by atoms with Crippen LogP contribution in [-0.2, 0) is 65.4 Å². The van der Waals surface area contributed by atoms with Gasteiger partial charge in [0.2, 0.25) is 0 Å². The van der Waals surface area contributed by atoms with Gasteiger partial charge < -0.3 is 33.8 Å². The number of hydrogen-bond donors (Lipinski definition) is 3. The topological polar surface area (TPSA) is 237 Å². The quantitative estimate of drug-likeness (QED) is 0.0222.